The molecule has 160 valence electrons. The summed E-state index contributed by atoms with van der Waals surface area (Å²) in [7, 11) is 0. The van der Waals surface area contributed by atoms with Gasteiger partial charge < -0.3 is 25.2 Å². The highest BCUT2D eigenvalue weighted by Crippen LogP contribution is 2.14. The second kappa shape index (κ2) is 11.6. The highest BCUT2D eigenvalue weighted by atomic mass is 16.6. The number of nitrogens with zero attached hydrogens (tertiary/aromatic N) is 2. The largest absolute Gasteiger partial charge is 0.444 e. The molecule has 0 fully saturated rings. The van der Waals surface area contributed by atoms with Crippen molar-refractivity contribution < 1.29 is 14.1 Å². The van der Waals surface area contributed by atoms with Crippen LogP contribution in [0.2, 0.25) is 0 Å². The number of guanidine groups is 1. The van der Waals surface area contributed by atoms with Crippen LogP contribution in [-0.4, -0.2) is 41.9 Å². The van der Waals surface area contributed by atoms with E-state index in [2.05, 4.69) is 46.9 Å². The van der Waals surface area contributed by atoms with Gasteiger partial charge in [0.15, 0.2) is 11.7 Å². The fourth-order valence-corrected chi connectivity index (χ4v) is 2.44. The maximum atomic E-state index is 12.1. The van der Waals surface area contributed by atoms with E-state index >= 15 is 0 Å². The maximum Gasteiger partial charge on any atom is 0.407 e. The van der Waals surface area contributed by atoms with Crippen LogP contribution in [0.1, 0.15) is 78.7 Å². The van der Waals surface area contributed by atoms with E-state index in [4.69, 9.17) is 9.26 Å². The van der Waals surface area contributed by atoms with Crippen molar-refractivity contribution in [2.75, 3.05) is 13.1 Å². The lowest BCUT2D eigenvalue weighted by atomic mass is 10.1. The van der Waals surface area contributed by atoms with Gasteiger partial charge in [0.2, 0.25) is 0 Å². The van der Waals surface area contributed by atoms with E-state index in [9.17, 15) is 4.79 Å². The van der Waals surface area contributed by atoms with Crippen LogP contribution < -0.4 is 16.0 Å². The number of hydrogen-bond donors (Lipinski definition) is 3. The summed E-state index contributed by atoms with van der Waals surface area (Å²) < 4.78 is 10.7. The second-order valence-corrected chi connectivity index (χ2v) is 8.08. The minimum atomic E-state index is -0.517. The van der Waals surface area contributed by atoms with Crippen LogP contribution in [0, 0.1) is 0 Å². The molecule has 1 amide bonds. The number of amides is 1. The molecule has 0 spiro atoms. The van der Waals surface area contributed by atoms with Crippen molar-refractivity contribution in [3.05, 3.63) is 17.5 Å². The van der Waals surface area contributed by atoms with E-state index in [0.29, 0.717) is 25.0 Å². The minimum absolute atomic E-state index is 0.0541. The van der Waals surface area contributed by atoms with Crippen LogP contribution in [0.3, 0.4) is 0 Å². The predicted molar refractivity (Wildman–Crippen MR) is 111 cm³/mol. The van der Waals surface area contributed by atoms with Crippen LogP contribution in [0.15, 0.2) is 15.6 Å². The van der Waals surface area contributed by atoms with Gasteiger partial charge in [-0.25, -0.2) is 9.79 Å². The molecule has 28 heavy (non-hydrogen) atoms. The zero-order valence-corrected chi connectivity index (χ0v) is 18.4. The smallest absolute Gasteiger partial charge is 0.407 e. The lowest BCUT2D eigenvalue weighted by molar-refractivity contribution is 0.0502. The van der Waals surface area contributed by atoms with Crippen molar-refractivity contribution in [2.24, 2.45) is 4.99 Å². The lowest BCUT2D eigenvalue weighted by Gasteiger charge is -2.24. The van der Waals surface area contributed by atoms with Gasteiger partial charge in [-0.2, -0.15) is 0 Å². The number of rotatable bonds is 9. The summed E-state index contributed by atoms with van der Waals surface area (Å²) in [4.78, 5) is 16.6. The normalized spacial score (nSPS) is 13.4. The monoisotopic (exact) mass is 395 g/mol. The summed E-state index contributed by atoms with van der Waals surface area (Å²) in [6, 6.07) is 1.88. The first kappa shape index (κ1) is 23.8. The van der Waals surface area contributed by atoms with Crippen LogP contribution >= 0.6 is 0 Å². The molecule has 8 nitrogen and oxygen atoms in total. The summed E-state index contributed by atoms with van der Waals surface area (Å²) >= 11 is 0. The second-order valence-electron chi connectivity index (χ2n) is 8.08. The quantitative estimate of drug-likeness (QED) is 0.437. The Morgan fingerprint density at radius 3 is 2.54 bits per heavy atom. The molecule has 0 aromatic carbocycles. The van der Waals surface area contributed by atoms with Crippen molar-refractivity contribution in [1.29, 1.82) is 0 Å². The summed E-state index contributed by atoms with van der Waals surface area (Å²) in [5, 5.41) is 13.5. The van der Waals surface area contributed by atoms with Gasteiger partial charge in [0.1, 0.15) is 12.1 Å². The van der Waals surface area contributed by atoms with E-state index in [1.807, 2.05) is 33.8 Å². The molecule has 1 rings (SSSR count). The van der Waals surface area contributed by atoms with Crippen LogP contribution in [0.25, 0.3) is 0 Å². The van der Waals surface area contributed by atoms with Crippen LogP contribution in [-0.2, 0) is 11.3 Å². The minimum Gasteiger partial charge on any atom is -0.444 e. The molecule has 1 heterocycles. The molecule has 0 saturated carbocycles. The van der Waals surface area contributed by atoms with Crippen molar-refractivity contribution in [2.45, 2.75) is 85.4 Å². The summed E-state index contributed by atoms with van der Waals surface area (Å²) in [6.45, 7) is 15.5. The Morgan fingerprint density at radius 2 is 2.00 bits per heavy atom. The third-order valence-corrected chi connectivity index (χ3v) is 3.78. The van der Waals surface area contributed by atoms with Crippen LogP contribution in [0.5, 0.6) is 0 Å². The van der Waals surface area contributed by atoms with Crippen LogP contribution in [0.4, 0.5) is 4.79 Å². The highest BCUT2D eigenvalue weighted by molar-refractivity contribution is 5.79. The van der Waals surface area contributed by atoms with E-state index < -0.39 is 11.7 Å². The summed E-state index contributed by atoms with van der Waals surface area (Å²) in [5.74, 6) is 1.71. The molecule has 0 saturated heterocycles. The number of nitrogens with one attached hydrogen (secondary N) is 3. The van der Waals surface area contributed by atoms with Gasteiger partial charge in [0, 0.05) is 25.2 Å². The Bertz CT molecular complexity index is 620. The van der Waals surface area contributed by atoms with Gasteiger partial charge in [-0.05, 0) is 40.0 Å². The van der Waals surface area contributed by atoms with Crippen molar-refractivity contribution >= 4 is 12.1 Å². The molecular formula is C20H37N5O3. The number of aromatic nitrogens is 1. The maximum absolute atomic E-state index is 12.1. The molecule has 1 aromatic rings. The van der Waals surface area contributed by atoms with E-state index in [0.717, 1.165) is 30.8 Å². The average molecular weight is 396 g/mol. The summed E-state index contributed by atoms with van der Waals surface area (Å²) in [5.41, 5.74) is 0.407. The van der Waals surface area contributed by atoms with E-state index in [1.54, 1.807) is 0 Å². The molecule has 0 aliphatic carbocycles. The SMILES string of the molecule is CCCC(CNC(=NCc1cc(C(C)C)no1)NCC)NC(=O)OC(C)(C)C. The molecule has 1 atom stereocenters. The molecule has 0 aliphatic rings. The number of alkyl carbamates (subject to hydrolysis) is 1. The first-order chi connectivity index (χ1) is 13.1. The van der Waals surface area contributed by atoms with Gasteiger partial charge >= 0.3 is 6.09 Å². The number of aliphatic imine (C=N–C) groups is 1. The van der Waals surface area contributed by atoms with Gasteiger partial charge in [-0.3, -0.25) is 0 Å². The van der Waals surface area contributed by atoms with Crippen molar-refractivity contribution in [1.82, 2.24) is 21.1 Å². The third kappa shape index (κ3) is 9.62. The Labute approximate surface area is 168 Å². The number of carbonyl (C=O) groups excluding carboxylic acids is 1. The molecule has 0 aliphatic heterocycles. The zero-order valence-electron chi connectivity index (χ0n) is 18.4. The molecule has 0 radical (unpaired) electrons. The van der Waals surface area contributed by atoms with Gasteiger partial charge in [-0.1, -0.05) is 32.3 Å². The Morgan fingerprint density at radius 1 is 1.29 bits per heavy atom. The molecule has 8 heteroatoms. The molecule has 3 N–H and O–H groups in total. The van der Waals surface area contributed by atoms with Gasteiger partial charge in [0.05, 0.1) is 5.69 Å². The summed E-state index contributed by atoms with van der Waals surface area (Å²) in [6.07, 6.45) is 1.38. The number of ether oxygens (including phenoxy) is 1. The molecule has 1 aromatic heterocycles. The standard InChI is InChI=1S/C20H37N5O3/c1-8-10-15(24-19(26)27-20(5,6)7)12-22-18(21-9-2)23-13-16-11-17(14(3)4)25-28-16/h11,14-15H,8-10,12-13H2,1-7H3,(H,24,26)(H2,21,22,23). The fraction of sp³-hybridized carbons (Fsp3) is 0.750. The first-order valence-electron chi connectivity index (χ1n) is 10.1. The molecule has 0 bridgehead atoms. The first-order valence-corrected chi connectivity index (χ1v) is 10.1. The zero-order chi connectivity index (χ0) is 21.2. The molecule has 1 unspecified atom stereocenters. The lowest BCUT2D eigenvalue weighted by Crippen LogP contribution is -2.48. The highest BCUT2D eigenvalue weighted by Gasteiger charge is 2.19. The molecular weight excluding hydrogens is 358 g/mol. The fourth-order valence-electron chi connectivity index (χ4n) is 2.44. The Kier molecular flexibility index (Phi) is 9.82. The van der Waals surface area contributed by atoms with Crippen molar-refractivity contribution in [3.8, 4) is 0 Å². The Balaban J connectivity index is 2.64. The van der Waals surface area contributed by atoms with E-state index in [1.165, 1.54) is 0 Å². The average Bonchev–Trinajstić information content (AvgIpc) is 3.05. The van der Waals surface area contributed by atoms with Crippen molar-refractivity contribution in [3.63, 3.8) is 0 Å². The van der Waals surface area contributed by atoms with E-state index in [-0.39, 0.29) is 6.04 Å². The van der Waals surface area contributed by atoms with Gasteiger partial charge in [-0.15, -0.1) is 0 Å². The topological polar surface area (TPSA) is 101 Å². The third-order valence-electron chi connectivity index (χ3n) is 3.78. The number of carbonyl (C=O) groups is 1. The Hall–Kier alpha value is -2.25. The predicted octanol–water partition coefficient (Wildman–Crippen LogP) is 3.55. The number of hydrogen-bond acceptors (Lipinski definition) is 5. The van der Waals surface area contributed by atoms with Gasteiger partial charge in [0.25, 0.3) is 0 Å².